The summed E-state index contributed by atoms with van der Waals surface area (Å²) in [5.41, 5.74) is 2.53. The van der Waals surface area contributed by atoms with Gasteiger partial charge >= 0.3 is 0 Å². The Morgan fingerprint density at radius 2 is 1.89 bits per heavy atom. The lowest BCUT2D eigenvalue weighted by Crippen LogP contribution is -1.99. The number of benzene rings is 2. The van der Waals surface area contributed by atoms with Crippen LogP contribution in [-0.4, -0.2) is 0 Å². The molecule has 0 atom stereocenters. The van der Waals surface area contributed by atoms with E-state index in [1.165, 1.54) is 0 Å². The van der Waals surface area contributed by atoms with E-state index < -0.39 is 0 Å². The Balaban J connectivity index is 2.08. The highest BCUT2D eigenvalue weighted by Crippen LogP contribution is 2.25. The number of hydrogen-bond donors (Lipinski definition) is 1. The second-order valence-electron chi connectivity index (χ2n) is 3.91. The molecule has 96 valence electrons. The van der Waals surface area contributed by atoms with Crippen LogP contribution < -0.4 is 5.32 Å². The van der Waals surface area contributed by atoms with Crippen LogP contribution in [0.4, 0.5) is 5.69 Å². The highest BCUT2D eigenvalue weighted by Gasteiger charge is 2.02. The first-order valence-corrected chi connectivity index (χ1v) is 7.44. The lowest BCUT2D eigenvalue weighted by molar-refractivity contribution is 1.14. The molecule has 0 aliphatic rings. The van der Waals surface area contributed by atoms with Crippen molar-refractivity contribution < 1.29 is 0 Å². The SMILES string of the molecule is N#Cc1ccc(NCc2ccc(Br)c(Br)c2)cc1Cl. The van der Waals surface area contributed by atoms with Crippen molar-refractivity contribution in [1.29, 1.82) is 5.26 Å². The molecule has 0 amide bonds. The van der Waals surface area contributed by atoms with Crippen LogP contribution in [0.1, 0.15) is 11.1 Å². The van der Waals surface area contributed by atoms with Gasteiger partial charge in [0.25, 0.3) is 0 Å². The summed E-state index contributed by atoms with van der Waals surface area (Å²) in [6, 6.07) is 13.4. The topological polar surface area (TPSA) is 35.8 Å². The van der Waals surface area contributed by atoms with E-state index in [4.69, 9.17) is 16.9 Å². The van der Waals surface area contributed by atoms with Gasteiger partial charge in [0.15, 0.2) is 0 Å². The molecule has 0 saturated carbocycles. The van der Waals surface area contributed by atoms with Crippen molar-refractivity contribution in [2.75, 3.05) is 5.32 Å². The van der Waals surface area contributed by atoms with Gasteiger partial charge in [0.05, 0.1) is 10.6 Å². The molecule has 2 aromatic carbocycles. The summed E-state index contributed by atoms with van der Waals surface area (Å²) in [5, 5.41) is 12.5. The van der Waals surface area contributed by atoms with Crippen molar-refractivity contribution in [2.45, 2.75) is 6.54 Å². The highest BCUT2D eigenvalue weighted by molar-refractivity contribution is 9.13. The molecule has 1 N–H and O–H groups in total. The minimum Gasteiger partial charge on any atom is -0.381 e. The van der Waals surface area contributed by atoms with E-state index in [0.29, 0.717) is 17.1 Å². The van der Waals surface area contributed by atoms with Crippen molar-refractivity contribution in [1.82, 2.24) is 0 Å². The number of rotatable bonds is 3. The third-order valence-corrected chi connectivity index (χ3v) is 4.76. The minimum atomic E-state index is 0.462. The van der Waals surface area contributed by atoms with Crippen molar-refractivity contribution >= 4 is 49.1 Å². The summed E-state index contributed by atoms with van der Waals surface area (Å²) in [4.78, 5) is 0. The summed E-state index contributed by atoms with van der Waals surface area (Å²) >= 11 is 12.9. The molecule has 19 heavy (non-hydrogen) atoms. The van der Waals surface area contributed by atoms with Crippen LogP contribution in [0.3, 0.4) is 0 Å². The molecule has 2 rings (SSSR count). The fraction of sp³-hybridized carbons (Fsp3) is 0.0714. The third kappa shape index (κ3) is 3.73. The van der Waals surface area contributed by atoms with Crippen molar-refractivity contribution in [3.63, 3.8) is 0 Å². The van der Waals surface area contributed by atoms with Gasteiger partial charge in [-0.25, -0.2) is 0 Å². The first-order valence-electron chi connectivity index (χ1n) is 5.47. The Labute approximate surface area is 133 Å². The van der Waals surface area contributed by atoms with Gasteiger partial charge in [-0.1, -0.05) is 17.7 Å². The zero-order valence-electron chi connectivity index (χ0n) is 9.75. The first kappa shape index (κ1) is 14.4. The Kier molecular flexibility index (Phi) is 4.87. The maximum Gasteiger partial charge on any atom is 0.101 e. The molecule has 2 aromatic rings. The summed E-state index contributed by atoms with van der Waals surface area (Å²) in [7, 11) is 0. The number of nitrogens with zero attached hydrogens (tertiary/aromatic N) is 1. The Hall–Kier alpha value is -1.02. The molecule has 0 aliphatic carbocycles. The highest BCUT2D eigenvalue weighted by atomic mass is 79.9. The maximum atomic E-state index is 8.81. The predicted octanol–water partition coefficient (Wildman–Crippen LogP) is 5.35. The standard InChI is InChI=1S/C14H9Br2ClN2/c15-12-4-1-9(5-13(12)16)8-19-11-3-2-10(7-18)14(17)6-11/h1-6,19H,8H2. The molecule has 0 radical (unpaired) electrons. The van der Waals surface area contributed by atoms with Crippen molar-refractivity contribution in [3.05, 3.63) is 61.5 Å². The average Bonchev–Trinajstić information content (AvgIpc) is 2.40. The van der Waals surface area contributed by atoms with Gasteiger partial charge in [0, 0.05) is 21.2 Å². The van der Waals surface area contributed by atoms with Gasteiger partial charge in [-0.05, 0) is 67.8 Å². The lowest BCUT2D eigenvalue weighted by Gasteiger charge is -2.08. The molecule has 0 fully saturated rings. The van der Waals surface area contributed by atoms with Crippen molar-refractivity contribution in [2.24, 2.45) is 0 Å². The maximum absolute atomic E-state index is 8.81. The number of nitriles is 1. The normalized spacial score (nSPS) is 10.0. The fourth-order valence-corrected chi connectivity index (χ4v) is 2.47. The molecule has 5 heteroatoms. The van der Waals surface area contributed by atoms with Crippen molar-refractivity contribution in [3.8, 4) is 6.07 Å². The quantitative estimate of drug-likeness (QED) is 0.754. The Morgan fingerprint density at radius 1 is 1.11 bits per heavy atom. The third-order valence-electron chi connectivity index (χ3n) is 2.57. The monoisotopic (exact) mass is 398 g/mol. The Morgan fingerprint density at radius 3 is 2.53 bits per heavy atom. The number of nitrogens with one attached hydrogen (secondary N) is 1. The smallest absolute Gasteiger partial charge is 0.101 e. The molecular weight excluding hydrogens is 391 g/mol. The van der Waals surface area contributed by atoms with E-state index in [1.54, 1.807) is 12.1 Å². The lowest BCUT2D eigenvalue weighted by atomic mass is 10.2. The van der Waals surface area contributed by atoms with Crippen LogP contribution in [-0.2, 0) is 6.54 Å². The number of halogens is 3. The first-order chi connectivity index (χ1) is 9.10. The van der Waals surface area contributed by atoms with Crippen LogP contribution in [0.15, 0.2) is 45.3 Å². The largest absolute Gasteiger partial charge is 0.381 e. The van der Waals surface area contributed by atoms with E-state index >= 15 is 0 Å². The number of anilines is 1. The molecule has 0 bridgehead atoms. The summed E-state index contributed by atoms with van der Waals surface area (Å²) in [6.45, 7) is 0.689. The predicted molar refractivity (Wildman–Crippen MR) is 85.3 cm³/mol. The molecule has 0 unspecified atom stereocenters. The molecule has 0 saturated heterocycles. The van der Waals surface area contributed by atoms with E-state index in [1.807, 2.05) is 30.3 Å². The van der Waals surface area contributed by atoms with Gasteiger partial charge < -0.3 is 5.32 Å². The molecule has 0 spiro atoms. The average molecular weight is 401 g/mol. The van der Waals surface area contributed by atoms with E-state index in [-0.39, 0.29) is 0 Å². The van der Waals surface area contributed by atoms with Gasteiger partial charge in [-0.2, -0.15) is 5.26 Å². The zero-order chi connectivity index (χ0) is 13.8. The molecule has 0 heterocycles. The molecule has 0 aromatic heterocycles. The van der Waals surface area contributed by atoms with Gasteiger partial charge in [0.1, 0.15) is 6.07 Å². The molecular formula is C14H9Br2ClN2. The van der Waals surface area contributed by atoms with Gasteiger partial charge in [-0.15, -0.1) is 0 Å². The second kappa shape index (κ2) is 6.42. The Bertz CT molecular complexity index is 650. The summed E-state index contributed by atoms with van der Waals surface area (Å²) < 4.78 is 2.04. The second-order valence-corrected chi connectivity index (χ2v) is 6.02. The molecule has 0 aliphatic heterocycles. The van der Waals surface area contributed by atoms with Crippen LogP contribution in [0.2, 0.25) is 5.02 Å². The zero-order valence-corrected chi connectivity index (χ0v) is 13.7. The van der Waals surface area contributed by atoms with Gasteiger partial charge in [0.2, 0.25) is 0 Å². The van der Waals surface area contributed by atoms with E-state index in [0.717, 1.165) is 20.2 Å². The fourth-order valence-electron chi connectivity index (χ4n) is 1.57. The van der Waals surface area contributed by atoms with Crippen LogP contribution in [0.25, 0.3) is 0 Å². The van der Waals surface area contributed by atoms with Crippen LogP contribution in [0, 0.1) is 11.3 Å². The van der Waals surface area contributed by atoms with E-state index in [9.17, 15) is 0 Å². The number of hydrogen-bond acceptors (Lipinski definition) is 2. The van der Waals surface area contributed by atoms with Gasteiger partial charge in [-0.3, -0.25) is 0 Å². The van der Waals surface area contributed by atoms with Crippen LogP contribution in [0.5, 0.6) is 0 Å². The minimum absolute atomic E-state index is 0.462. The van der Waals surface area contributed by atoms with Crippen LogP contribution >= 0.6 is 43.5 Å². The van der Waals surface area contributed by atoms with E-state index in [2.05, 4.69) is 37.2 Å². The molecule has 2 nitrogen and oxygen atoms in total. The summed E-state index contributed by atoms with van der Waals surface area (Å²) in [5.74, 6) is 0. The summed E-state index contributed by atoms with van der Waals surface area (Å²) in [6.07, 6.45) is 0.